The fraction of sp³-hybridized carbons (Fsp3) is 0.143. The Kier molecular flexibility index (Phi) is 5.32. The van der Waals surface area contributed by atoms with Crippen LogP contribution in [-0.2, 0) is 0 Å². The predicted octanol–water partition coefficient (Wildman–Crippen LogP) is -4.82. The predicted molar refractivity (Wildman–Crippen MR) is 57.4 cm³/mol. The third-order valence-electron chi connectivity index (χ3n) is 3.10. The van der Waals surface area contributed by atoms with Crippen LogP contribution in [0.2, 0.25) is 0 Å². The van der Waals surface area contributed by atoms with Gasteiger partial charge in [-0.2, -0.15) is 0 Å². The summed E-state index contributed by atoms with van der Waals surface area (Å²) in [5, 5.41) is 23.9. The average molecular weight is 224 g/mol. The molecular weight excluding hydrogens is 214 g/mol. The van der Waals surface area contributed by atoms with Gasteiger partial charge in [0.15, 0.2) is 0 Å². The van der Waals surface area contributed by atoms with Crippen LogP contribution < -0.4 is 47.9 Å². The van der Waals surface area contributed by atoms with Crippen molar-refractivity contribution in [3.8, 4) is 11.1 Å². The second kappa shape index (κ2) is 6.13. The molecule has 18 heavy (non-hydrogen) atoms. The van der Waals surface area contributed by atoms with E-state index in [1.165, 1.54) is 0 Å². The minimum atomic E-state index is -1.19. The summed E-state index contributed by atoms with van der Waals surface area (Å²) in [5.41, 5.74) is 3.07. The fourth-order valence-corrected chi connectivity index (χ4v) is 2.31. The Bertz CT molecular complexity index is 493. The van der Waals surface area contributed by atoms with Crippen molar-refractivity contribution in [2.24, 2.45) is 0 Å². The summed E-state index contributed by atoms with van der Waals surface area (Å²) in [5.74, 6) is 0. The molecule has 0 saturated carbocycles. The number of fused-ring (bicyclic) bond motifs is 3. The molecule has 0 saturated heterocycles. The van der Waals surface area contributed by atoms with Crippen LogP contribution in [0.25, 0.3) is 11.1 Å². The Hall–Kier alpha value is -0.445. The van der Waals surface area contributed by atoms with Gasteiger partial charge < -0.3 is 10.2 Å². The number of hydrogen-bond acceptors (Lipinski definition) is 2. The Morgan fingerprint density at radius 3 is 1.33 bits per heavy atom. The van der Waals surface area contributed by atoms with Crippen LogP contribution in [-0.4, -0.2) is 0 Å². The molecule has 2 unspecified atom stereocenters. The van der Waals surface area contributed by atoms with Crippen LogP contribution >= 0.6 is 0 Å². The van der Waals surface area contributed by atoms with E-state index in [9.17, 15) is 10.2 Å². The zero-order chi connectivity index (χ0) is 11.1. The minimum Gasteiger partial charge on any atom is -0.849 e. The van der Waals surface area contributed by atoms with Gasteiger partial charge in [0.2, 0.25) is 0 Å². The Labute approximate surface area is 130 Å². The van der Waals surface area contributed by atoms with E-state index < -0.39 is 12.2 Å². The molecular formula is C14H10Li2O2. The topological polar surface area (TPSA) is 46.1 Å². The third-order valence-corrected chi connectivity index (χ3v) is 3.10. The van der Waals surface area contributed by atoms with Crippen LogP contribution in [0.1, 0.15) is 23.3 Å². The summed E-state index contributed by atoms with van der Waals surface area (Å²) < 4.78 is 0. The van der Waals surface area contributed by atoms with Gasteiger partial charge in [-0.3, -0.25) is 0 Å². The fourth-order valence-electron chi connectivity index (χ4n) is 2.31. The molecule has 80 valence electrons. The number of rotatable bonds is 0. The van der Waals surface area contributed by atoms with E-state index in [-0.39, 0.29) is 37.7 Å². The first-order chi connectivity index (χ1) is 7.79. The molecule has 4 heteroatoms. The zero-order valence-corrected chi connectivity index (χ0v) is 10.6. The molecule has 0 aromatic heterocycles. The van der Waals surface area contributed by atoms with Crippen molar-refractivity contribution in [2.45, 2.75) is 12.2 Å². The van der Waals surface area contributed by atoms with Crippen molar-refractivity contribution >= 4 is 0 Å². The number of hydrogen-bond donors (Lipinski definition) is 0. The molecule has 2 aromatic rings. The van der Waals surface area contributed by atoms with E-state index in [1.807, 2.05) is 36.4 Å². The molecule has 0 fully saturated rings. The third kappa shape index (κ3) is 2.34. The molecule has 1 aliphatic carbocycles. The van der Waals surface area contributed by atoms with Gasteiger partial charge in [-0.1, -0.05) is 59.7 Å². The van der Waals surface area contributed by atoms with E-state index >= 15 is 0 Å². The second-order valence-corrected chi connectivity index (χ2v) is 4.02. The summed E-state index contributed by atoms with van der Waals surface area (Å²) in [6.07, 6.45) is -2.38. The molecule has 0 N–H and O–H groups in total. The summed E-state index contributed by atoms with van der Waals surface area (Å²) >= 11 is 0. The van der Waals surface area contributed by atoms with Crippen LogP contribution in [0.5, 0.6) is 0 Å². The quantitative estimate of drug-likeness (QED) is 0.421. The van der Waals surface area contributed by atoms with E-state index in [0.717, 1.165) is 11.1 Å². The van der Waals surface area contributed by atoms with E-state index in [2.05, 4.69) is 0 Å². The minimum absolute atomic E-state index is 0. The molecule has 0 aliphatic heterocycles. The molecule has 0 bridgehead atoms. The van der Waals surface area contributed by atoms with E-state index in [1.54, 1.807) is 12.1 Å². The molecule has 0 spiro atoms. The molecule has 3 rings (SSSR count). The van der Waals surface area contributed by atoms with Gasteiger partial charge in [0.05, 0.1) is 0 Å². The normalized spacial score (nSPS) is 19.9. The van der Waals surface area contributed by atoms with E-state index in [0.29, 0.717) is 11.1 Å². The van der Waals surface area contributed by atoms with Crippen LogP contribution in [0.4, 0.5) is 0 Å². The molecule has 1 aliphatic rings. The molecule has 0 amide bonds. The first-order valence-electron chi connectivity index (χ1n) is 5.29. The van der Waals surface area contributed by atoms with Crippen molar-refractivity contribution in [3.05, 3.63) is 59.7 Å². The summed E-state index contributed by atoms with van der Waals surface area (Å²) in [4.78, 5) is 0. The van der Waals surface area contributed by atoms with Crippen molar-refractivity contribution in [3.63, 3.8) is 0 Å². The smallest absolute Gasteiger partial charge is 0.849 e. The van der Waals surface area contributed by atoms with Crippen LogP contribution in [0, 0.1) is 0 Å². The van der Waals surface area contributed by atoms with Crippen molar-refractivity contribution in [2.75, 3.05) is 0 Å². The molecule has 0 heterocycles. The van der Waals surface area contributed by atoms with Gasteiger partial charge in [-0.15, -0.1) is 12.2 Å². The maximum absolute atomic E-state index is 12.0. The largest absolute Gasteiger partial charge is 1.00 e. The van der Waals surface area contributed by atoms with Crippen LogP contribution in [0.3, 0.4) is 0 Å². The first kappa shape index (κ1) is 15.6. The number of benzene rings is 2. The van der Waals surface area contributed by atoms with Gasteiger partial charge in [0.1, 0.15) is 0 Å². The van der Waals surface area contributed by atoms with Gasteiger partial charge >= 0.3 is 37.7 Å². The van der Waals surface area contributed by atoms with Gasteiger partial charge in [0, 0.05) is 0 Å². The summed E-state index contributed by atoms with van der Waals surface area (Å²) in [6.45, 7) is 0. The second-order valence-electron chi connectivity index (χ2n) is 4.02. The maximum atomic E-state index is 12.0. The van der Waals surface area contributed by atoms with Crippen LogP contribution in [0.15, 0.2) is 48.5 Å². The SMILES string of the molecule is [Li+].[Li+].[O-]C1c2ccccc2-c2ccccc2C1[O-]. The monoisotopic (exact) mass is 224 g/mol. The zero-order valence-electron chi connectivity index (χ0n) is 10.6. The van der Waals surface area contributed by atoms with Crippen molar-refractivity contribution in [1.82, 2.24) is 0 Å². The van der Waals surface area contributed by atoms with Gasteiger partial charge in [-0.05, 0) is 11.1 Å². The van der Waals surface area contributed by atoms with Gasteiger partial charge in [-0.25, -0.2) is 0 Å². The Balaban J connectivity index is 0.000000810. The Morgan fingerprint density at radius 2 is 0.944 bits per heavy atom. The Morgan fingerprint density at radius 1 is 0.611 bits per heavy atom. The standard InChI is InChI=1S/C14H10O2.2Li/c15-13-11-7-3-1-5-9(11)10-6-2-4-8-12(10)14(13)16;;/h1-8,13-14H;;/q-2;2*+1. The molecule has 2 atom stereocenters. The molecule has 2 aromatic carbocycles. The van der Waals surface area contributed by atoms with Crippen molar-refractivity contribution < 1.29 is 47.9 Å². The molecule has 0 radical (unpaired) electrons. The maximum Gasteiger partial charge on any atom is 1.00 e. The first-order valence-corrected chi connectivity index (χ1v) is 5.29. The summed E-state index contributed by atoms with van der Waals surface area (Å²) in [7, 11) is 0. The van der Waals surface area contributed by atoms with E-state index in [4.69, 9.17) is 0 Å². The van der Waals surface area contributed by atoms with Gasteiger partial charge in [0.25, 0.3) is 0 Å². The van der Waals surface area contributed by atoms with Crippen molar-refractivity contribution in [1.29, 1.82) is 0 Å². The summed E-state index contributed by atoms with van der Waals surface area (Å²) in [6, 6.07) is 14.7. The molecule has 2 nitrogen and oxygen atoms in total. The average Bonchev–Trinajstić information content (AvgIpc) is 2.36.